The molecule has 22 heavy (non-hydrogen) atoms. The van der Waals surface area contributed by atoms with E-state index in [1.807, 2.05) is 0 Å². The number of hydrogen-bond acceptors (Lipinski definition) is 5. The van der Waals surface area contributed by atoms with Gasteiger partial charge in [0.2, 0.25) is 0 Å². The van der Waals surface area contributed by atoms with Crippen molar-refractivity contribution in [2.75, 3.05) is 17.8 Å². The number of sulfone groups is 1. The summed E-state index contributed by atoms with van der Waals surface area (Å²) in [7, 11) is -3.43. The van der Waals surface area contributed by atoms with Crippen LogP contribution in [0.3, 0.4) is 0 Å². The number of hydrogen-bond donors (Lipinski definition) is 2. The minimum absolute atomic E-state index is 0.0356. The van der Waals surface area contributed by atoms with Crippen LogP contribution < -0.4 is 5.32 Å². The van der Waals surface area contributed by atoms with Crippen molar-refractivity contribution in [3.8, 4) is 0 Å². The highest BCUT2D eigenvalue weighted by Gasteiger charge is 2.43. The predicted octanol–water partition coefficient (Wildman–Crippen LogP) is 1.09. The molecule has 8 heteroatoms. The second-order valence-electron chi connectivity index (χ2n) is 5.39. The van der Waals surface area contributed by atoms with Gasteiger partial charge in [-0.2, -0.15) is 11.8 Å². The SMILES string of the molecule is Cc1ccc(S(C)(=O)=O)cc1C(=O)NC1(C(=O)O)CCSC1. The van der Waals surface area contributed by atoms with Crippen LogP contribution in [0.4, 0.5) is 0 Å². The normalized spacial score (nSPS) is 21.5. The van der Waals surface area contributed by atoms with Crippen molar-refractivity contribution < 1.29 is 23.1 Å². The lowest BCUT2D eigenvalue weighted by Gasteiger charge is -2.25. The van der Waals surface area contributed by atoms with E-state index < -0.39 is 27.3 Å². The Labute approximate surface area is 133 Å². The van der Waals surface area contributed by atoms with Gasteiger partial charge in [-0.3, -0.25) is 4.79 Å². The average Bonchev–Trinajstić information content (AvgIpc) is 2.87. The zero-order valence-electron chi connectivity index (χ0n) is 12.3. The Morgan fingerprint density at radius 2 is 2.05 bits per heavy atom. The van der Waals surface area contributed by atoms with Crippen molar-refractivity contribution >= 4 is 33.5 Å². The molecule has 2 rings (SSSR count). The van der Waals surface area contributed by atoms with Crippen LogP contribution in [0.15, 0.2) is 23.1 Å². The fourth-order valence-corrected chi connectivity index (χ4v) is 4.22. The molecule has 1 aliphatic rings. The highest BCUT2D eigenvalue weighted by molar-refractivity contribution is 7.99. The van der Waals surface area contributed by atoms with Crippen molar-refractivity contribution in [3.05, 3.63) is 29.3 Å². The molecule has 1 amide bonds. The molecule has 6 nitrogen and oxygen atoms in total. The van der Waals surface area contributed by atoms with Gasteiger partial charge in [0, 0.05) is 17.6 Å². The number of nitrogens with one attached hydrogen (secondary N) is 1. The van der Waals surface area contributed by atoms with Crippen LogP contribution in [0.1, 0.15) is 22.3 Å². The Balaban J connectivity index is 2.35. The number of carboxylic acid groups (broad SMARTS) is 1. The predicted molar refractivity (Wildman–Crippen MR) is 84.1 cm³/mol. The number of aliphatic carboxylic acids is 1. The number of carbonyl (C=O) groups excluding carboxylic acids is 1. The van der Waals surface area contributed by atoms with E-state index in [1.165, 1.54) is 23.9 Å². The molecular weight excluding hydrogens is 326 g/mol. The molecule has 0 aliphatic carbocycles. The standard InChI is InChI=1S/C14H17NO5S2/c1-9-3-4-10(22(2,19)20)7-11(9)12(16)15-14(13(17)18)5-6-21-8-14/h3-4,7H,5-6,8H2,1-2H3,(H,15,16)(H,17,18). The molecule has 0 spiro atoms. The van der Waals surface area contributed by atoms with Crippen LogP contribution in [0, 0.1) is 6.92 Å². The van der Waals surface area contributed by atoms with Crippen molar-refractivity contribution in [1.29, 1.82) is 0 Å². The van der Waals surface area contributed by atoms with E-state index in [9.17, 15) is 23.1 Å². The Hall–Kier alpha value is -1.54. The van der Waals surface area contributed by atoms with Crippen molar-refractivity contribution in [2.45, 2.75) is 23.8 Å². The van der Waals surface area contributed by atoms with Crippen molar-refractivity contribution in [2.24, 2.45) is 0 Å². The lowest BCUT2D eigenvalue weighted by molar-refractivity contribution is -0.143. The summed E-state index contributed by atoms with van der Waals surface area (Å²) in [6.45, 7) is 1.68. The van der Waals surface area contributed by atoms with Gasteiger partial charge in [-0.25, -0.2) is 13.2 Å². The Kier molecular flexibility index (Phi) is 4.53. The maximum atomic E-state index is 12.4. The summed E-state index contributed by atoms with van der Waals surface area (Å²) < 4.78 is 23.2. The summed E-state index contributed by atoms with van der Waals surface area (Å²) in [5.74, 6) is -0.663. The molecule has 0 aromatic heterocycles. The number of amides is 1. The summed E-state index contributed by atoms with van der Waals surface area (Å²) in [6, 6.07) is 4.26. The van der Waals surface area contributed by atoms with E-state index in [4.69, 9.17) is 0 Å². The molecule has 1 atom stereocenters. The lowest BCUT2D eigenvalue weighted by atomic mass is 9.98. The first-order valence-electron chi connectivity index (χ1n) is 6.60. The third kappa shape index (κ3) is 3.27. The summed E-state index contributed by atoms with van der Waals surface area (Å²) >= 11 is 1.47. The van der Waals surface area contributed by atoms with Crippen molar-refractivity contribution in [3.63, 3.8) is 0 Å². The average molecular weight is 343 g/mol. The van der Waals surface area contributed by atoms with Gasteiger partial charge in [-0.1, -0.05) is 6.07 Å². The lowest BCUT2D eigenvalue weighted by Crippen LogP contribution is -2.54. The van der Waals surface area contributed by atoms with Crippen LogP contribution in [-0.2, 0) is 14.6 Å². The van der Waals surface area contributed by atoms with E-state index in [-0.39, 0.29) is 10.5 Å². The summed E-state index contributed by atoms with van der Waals surface area (Å²) in [6.07, 6.45) is 1.41. The van der Waals surface area contributed by atoms with E-state index in [2.05, 4.69) is 5.32 Å². The Morgan fingerprint density at radius 3 is 2.55 bits per heavy atom. The molecule has 1 saturated heterocycles. The van der Waals surface area contributed by atoms with E-state index in [1.54, 1.807) is 13.0 Å². The Bertz CT molecular complexity index is 721. The first-order chi connectivity index (χ1) is 10.2. The van der Waals surface area contributed by atoms with Gasteiger partial charge in [0.05, 0.1) is 4.90 Å². The molecule has 2 N–H and O–H groups in total. The molecule has 1 heterocycles. The van der Waals surface area contributed by atoms with Crippen LogP contribution >= 0.6 is 11.8 Å². The maximum absolute atomic E-state index is 12.4. The van der Waals surface area contributed by atoms with Gasteiger partial charge in [0.1, 0.15) is 5.54 Å². The number of thioether (sulfide) groups is 1. The first kappa shape index (κ1) is 16.8. The highest BCUT2D eigenvalue weighted by atomic mass is 32.2. The molecule has 1 aromatic carbocycles. The van der Waals surface area contributed by atoms with Crippen LogP contribution in [0.2, 0.25) is 0 Å². The summed E-state index contributed by atoms with van der Waals surface area (Å²) in [5.41, 5.74) is -0.508. The molecule has 0 radical (unpaired) electrons. The second-order valence-corrected chi connectivity index (χ2v) is 8.51. The minimum atomic E-state index is -3.43. The zero-order valence-corrected chi connectivity index (χ0v) is 13.9. The molecule has 1 fully saturated rings. The maximum Gasteiger partial charge on any atom is 0.330 e. The van der Waals surface area contributed by atoms with Crippen LogP contribution in [0.25, 0.3) is 0 Å². The van der Waals surface area contributed by atoms with Crippen molar-refractivity contribution in [1.82, 2.24) is 5.32 Å². The van der Waals surface area contributed by atoms with Gasteiger partial charge < -0.3 is 10.4 Å². The molecule has 1 aliphatic heterocycles. The monoisotopic (exact) mass is 343 g/mol. The fourth-order valence-electron chi connectivity index (χ4n) is 2.25. The van der Waals surface area contributed by atoms with E-state index >= 15 is 0 Å². The quantitative estimate of drug-likeness (QED) is 0.849. The van der Waals surface area contributed by atoms with Crippen LogP contribution in [0.5, 0.6) is 0 Å². The number of rotatable bonds is 4. The molecule has 0 bridgehead atoms. The van der Waals surface area contributed by atoms with Gasteiger partial charge in [-0.15, -0.1) is 0 Å². The summed E-state index contributed by atoms with van der Waals surface area (Å²) in [4.78, 5) is 23.9. The van der Waals surface area contributed by atoms with Gasteiger partial charge in [-0.05, 0) is 36.8 Å². The highest BCUT2D eigenvalue weighted by Crippen LogP contribution is 2.29. The van der Waals surface area contributed by atoms with Crippen LogP contribution in [-0.4, -0.2) is 48.7 Å². The fraction of sp³-hybridized carbons (Fsp3) is 0.429. The summed E-state index contributed by atoms with van der Waals surface area (Å²) in [5, 5.41) is 12.0. The molecular formula is C14H17NO5S2. The van der Waals surface area contributed by atoms with E-state index in [0.717, 1.165) is 6.26 Å². The molecule has 1 unspecified atom stereocenters. The number of carboxylic acids is 1. The third-order valence-corrected chi connectivity index (χ3v) is 5.97. The number of benzene rings is 1. The topological polar surface area (TPSA) is 101 Å². The largest absolute Gasteiger partial charge is 0.479 e. The van der Waals surface area contributed by atoms with E-state index in [0.29, 0.717) is 23.5 Å². The van der Waals surface area contributed by atoms with Gasteiger partial charge in [0.15, 0.2) is 9.84 Å². The second kappa shape index (κ2) is 5.92. The first-order valence-corrected chi connectivity index (χ1v) is 9.65. The number of carbonyl (C=O) groups is 2. The minimum Gasteiger partial charge on any atom is -0.479 e. The smallest absolute Gasteiger partial charge is 0.330 e. The molecule has 0 saturated carbocycles. The Morgan fingerprint density at radius 1 is 1.36 bits per heavy atom. The van der Waals surface area contributed by atoms with Gasteiger partial charge >= 0.3 is 5.97 Å². The molecule has 1 aromatic rings. The molecule has 120 valence electrons. The number of aryl methyl sites for hydroxylation is 1. The zero-order chi connectivity index (χ0) is 16.5. The third-order valence-electron chi connectivity index (χ3n) is 3.67. The van der Waals surface area contributed by atoms with Gasteiger partial charge in [0.25, 0.3) is 5.91 Å².